The third kappa shape index (κ3) is 4.67. The van der Waals surface area contributed by atoms with Gasteiger partial charge in [0.05, 0.1) is 17.5 Å². The Morgan fingerprint density at radius 1 is 1.00 bits per heavy atom. The first-order valence-electron chi connectivity index (χ1n) is 7.96. The molecule has 0 spiro atoms. The molecule has 27 heavy (non-hydrogen) atoms. The second-order valence-electron chi connectivity index (χ2n) is 6.07. The van der Waals surface area contributed by atoms with Gasteiger partial charge in [-0.2, -0.15) is 4.31 Å². The van der Waals surface area contributed by atoms with Crippen molar-refractivity contribution in [3.05, 3.63) is 65.5 Å². The van der Waals surface area contributed by atoms with E-state index >= 15 is 0 Å². The van der Waals surface area contributed by atoms with E-state index in [0.29, 0.717) is 5.56 Å². The number of benzene rings is 2. The molecule has 1 atom stereocenters. The molecule has 0 aliphatic heterocycles. The first-order chi connectivity index (χ1) is 12.5. The molecule has 2 rings (SSSR count). The number of sulfonamides is 1. The number of rotatable bonds is 6. The number of amides is 1. The van der Waals surface area contributed by atoms with Crippen molar-refractivity contribution in [3.63, 3.8) is 0 Å². The van der Waals surface area contributed by atoms with E-state index in [1.807, 2.05) is 0 Å². The summed E-state index contributed by atoms with van der Waals surface area (Å²) in [4.78, 5) is 13.5. The first-order valence-corrected chi connectivity index (χ1v) is 9.40. The summed E-state index contributed by atoms with van der Waals surface area (Å²) in [5.74, 6) is -3.14. The lowest BCUT2D eigenvalue weighted by Gasteiger charge is -2.27. The van der Waals surface area contributed by atoms with Crippen LogP contribution in [0.1, 0.15) is 18.5 Å². The molecule has 0 bridgehead atoms. The Balaban J connectivity index is 2.12. The molecule has 5 nitrogen and oxygen atoms in total. The molecule has 1 amide bonds. The maximum atomic E-state index is 13.4. The molecule has 9 heteroatoms. The Bertz CT molecular complexity index is 933. The molecule has 2 aromatic carbocycles. The summed E-state index contributed by atoms with van der Waals surface area (Å²) in [6.07, 6.45) is 0. The second-order valence-corrected chi connectivity index (χ2v) is 8.11. The van der Waals surface area contributed by atoms with Gasteiger partial charge in [-0.3, -0.25) is 4.79 Å². The van der Waals surface area contributed by atoms with Gasteiger partial charge >= 0.3 is 0 Å². The molecule has 0 aliphatic rings. The maximum absolute atomic E-state index is 13.4. The quantitative estimate of drug-likeness (QED) is 0.749. The number of likely N-dealkylation sites (N-methyl/N-ethyl adjacent to an activating group) is 2. The summed E-state index contributed by atoms with van der Waals surface area (Å²) in [5, 5.41) is 0. The average Bonchev–Trinajstić information content (AvgIpc) is 2.63. The van der Waals surface area contributed by atoms with Crippen LogP contribution in [-0.2, 0) is 14.8 Å². The molecule has 2 aromatic rings. The fourth-order valence-corrected chi connectivity index (χ4v) is 3.51. The van der Waals surface area contributed by atoms with Crippen molar-refractivity contribution in [2.45, 2.75) is 17.9 Å². The van der Waals surface area contributed by atoms with Gasteiger partial charge in [-0.05, 0) is 48.9 Å². The zero-order valence-electron chi connectivity index (χ0n) is 15.0. The first kappa shape index (κ1) is 20.9. The van der Waals surface area contributed by atoms with Gasteiger partial charge < -0.3 is 4.90 Å². The normalized spacial score (nSPS) is 12.9. The number of hydrogen-bond acceptors (Lipinski definition) is 3. The van der Waals surface area contributed by atoms with E-state index in [9.17, 15) is 26.4 Å². The number of hydrogen-bond donors (Lipinski definition) is 0. The van der Waals surface area contributed by atoms with Crippen molar-refractivity contribution in [2.75, 3.05) is 20.6 Å². The van der Waals surface area contributed by atoms with Gasteiger partial charge in [-0.15, -0.1) is 0 Å². The van der Waals surface area contributed by atoms with E-state index in [0.717, 1.165) is 40.7 Å². The van der Waals surface area contributed by atoms with Crippen LogP contribution in [0.3, 0.4) is 0 Å². The minimum atomic E-state index is -3.98. The predicted octanol–water partition coefficient (Wildman–Crippen LogP) is 2.94. The van der Waals surface area contributed by atoms with E-state index in [1.165, 1.54) is 25.1 Å². The Kier molecular flexibility index (Phi) is 6.27. The predicted molar refractivity (Wildman–Crippen MR) is 93.8 cm³/mol. The van der Waals surface area contributed by atoms with Crippen molar-refractivity contribution in [2.24, 2.45) is 0 Å². The lowest BCUT2D eigenvalue weighted by molar-refractivity contribution is -0.131. The van der Waals surface area contributed by atoms with Crippen LogP contribution in [0.5, 0.6) is 0 Å². The molecular weight excluding hydrogens is 381 g/mol. The van der Waals surface area contributed by atoms with Gasteiger partial charge in [0.25, 0.3) is 0 Å². The third-order valence-corrected chi connectivity index (χ3v) is 6.10. The molecule has 0 fully saturated rings. The van der Waals surface area contributed by atoms with Crippen LogP contribution in [0.2, 0.25) is 0 Å². The second kappa shape index (κ2) is 8.10. The van der Waals surface area contributed by atoms with Gasteiger partial charge in [-0.25, -0.2) is 21.6 Å². The van der Waals surface area contributed by atoms with Crippen molar-refractivity contribution >= 4 is 15.9 Å². The zero-order chi connectivity index (χ0) is 20.4. The Labute approximate surface area is 156 Å². The highest BCUT2D eigenvalue weighted by atomic mass is 32.2. The largest absolute Gasteiger partial charge is 0.338 e. The molecule has 0 saturated carbocycles. The van der Waals surface area contributed by atoms with E-state index in [2.05, 4.69) is 0 Å². The summed E-state index contributed by atoms with van der Waals surface area (Å²) in [6, 6.07) is 6.95. The summed E-state index contributed by atoms with van der Waals surface area (Å²) >= 11 is 0. The standard InChI is InChI=1S/C18H19F3N2O3S/c1-12(13-4-9-16(20)17(21)10-13)23(3)18(24)11-22(2)27(25,26)15-7-5-14(19)6-8-15/h4-10,12H,11H2,1-3H3. The van der Waals surface area contributed by atoms with Crippen molar-refractivity contribution < 1.29 is 26.4 Å². The van der Waals surface area contributed by atoms with Gasteiger partial charge in [0, 0.05) is 14.1 Å². The fraction of sp³-hybridized carbons (Fsp3) is 0.278. The molecule has 146 valence electrons. The van der Waals surface area contributed by atoms with Crippen LogP contribution in [0, 0.1) is 17.5 Å². The third-order valence-electron chi connectivity index (χ3n) is 4.28. The Hall–Kier alpha value is -2.39. The van der Waals surface area contributed by atoms with Crippen molar-refractivity contribution in [1.29, 1.82) is 0 Å². The molecule has 0 saturated heterocycles. The highest BCUT2D eigenvalue weighted by molar-refractivity contribution is 7.89. The monoisotopic (exact) mass is 400 g/mol. The van der Waals surface area contributed by atoms with E-state index in [1.54, 1.807) is 6.92 Å². The number of nitrogens with zero attached hydrogens (tertiary/aromatic N) is 2. The van der Waals surface area contributed by atoms with Gasteiger partial charge in [-0.1, -0.05) is 6.07 Å². The topological polar surface area (TPSA) is 57.7 Å². The highest BCUT2D eigenvalue weighted by Gasteiger charge is 2.26. The molecule has 0 aliphatic carbocycles. The van der Waals surface area contributed by atoms with Gasteiger partial charge in [0.1, 0.15) is 5.82 Å². The van der Waals surface area contributed by atoms with E-state index in [4.69, 9.17) is 0 Å². The summed E-state index contributed by atoms with van der Waals surface area (Å²) in [5.41, 5.74) is 0.369. The van der Waals surface area contributed by atoms with Gasteiger partial charge in [0.2, 0.25) is 15.9 Å². The lowest BCUT2D eigenvalue weighted by atomic mass is 10.1. The Morgan fingerprint density at radius 2 is 1.59 bits per heavy atom. The summed E-state index contributed by atoms with van der Waals surface area (Å²) in [7, 11) is -1.31. The van der Waals surface area contributed by atoms with Crippen LogP contribution in [-0.4, -0.2) is 44.2 Å². The highest BCUT2D eigenvalue weighted by Crippen LogP contribution is 2.22. The Morgan fingerprint density at radius 3 is 2.15 bits per heavy atom. The molecule has 0 radical (unpaired) electrons. The molecule has 1 unspecified atom stereocenters. The maximum Gasteiger partial charge on any atom is 0.243 e. The van der Waals surface area contributed by atoms with Crippen LogP contribution < -0.4 is 0 Å². The number of carbonyl (C=O) groups is 1. The smallest absolute Gasteiger partial charge is 0.243 e. The van der Waals surface area contributed by atoms with Crippen LogP contribution in [0.4, 0.5) is 13.2 Å². The van der Waals surface area contributed by atoms with Crippen LogP contribution >= 0.6 is 0 Å². The summed E-state index contributed by atoms with van der Waals surface area (Å²) in [6.45, 7) is 1.14. The van der Waals surface area contributed by atoms with E-state index in [-0.39, 0.29) is 4.90 Å². The minimum Gasteiger partial charge on any atom is -0.338 e. The van der Waals surface area contributed by atoms with Crippen LogP contribution in [0.15, 0.2) is 47.4 Å². The minimum absolute atomic E-state index is 0.143. The van der Waals surface area contributed by atoms with E-state index < -0.39 is 46.0 Å². The molecule has 0 aromatic heterocycles. The SMILES string of the molecule is CC(c1ccc(F)c(F)c1)N(C)C(=O)CN(C)S(=O)(=O)c1ccc(F)cc1. The zero-order valence-corrected chi connectivity index (χ0v) is 15.8. The number of halogens is 3. The molecular formula is C18H19F3N2O3S. The molecule has 0 N–H and O–H groups in total. The lowest BCUT2D eigenvalue weighted by Crippen LogP contribution is -2.40. The number of carbonyl (C=O) groups excluding carboxylic acids is 1. The van der Waals surface area contributed by atoms with Crippen LogP contribution in [0.25, 0.3) is 0 Å². The summed E-state index contributed by atoms with van der Waals surface area (Å²) < 4.78 is 65.2. The fourth-order valence-electron chi connectivity index (χ4n) is 2.39. The average molecular weight is 400 g/mol. The van der Waals surface area contributed by atoms with Crippen molar-refractivity contribution in [1.82, 2.24) is 9.21 Å². The van der Waals surface area contributed by atoms with Gasteiger partial charge in [0.15, 0.2) is 11.6 Å². The molecule has 0 heterocycles. The van der Waals surface area contributed by atoms with Crippen molar-refractivity contribution in [3.8, 4) is 0 Å².